The Bertz CT molecular complexity index is 581. The highest BCUT2D eigenvalue weighted by molar-refractivity contribution is 5.97. The van der Waals surface area contributed by atoms with E-state index in [0.717, 1.165) is 18.9 Å². The van der Waals surface area contributed by atoms with E-state index in [2.05, 4.69) is 5.32 Å². The first-order valence-electron chi connectivity index (χ1n) is 6.66. The standard InChI is InChI=1S/C14H16N2O5/c1-9(17)12-6-11(16(19)20)4-5-13(12)21-8-14(18)15-7-10-2-3-10/h4-6,10H,2-3,7-8H2,1H3,(H,15,18). The van der Waals surface area contributed by atoms with Gasteiger partial charge in [-0.25, -0.2) is 0 Å². The van der Waals surface area contributed by atoms with E-state index in [1.807, 2.05) is 0 Å². The zero-order valence-electron chi connectivity index (χ0n) is 11.6. The van der Waals surface area contributed by atoms with Gasteiger partial charge in [-0.1, -0.05) is 0 Å². The van der Waals surface area contributed by atoms with Crippen molar-refractivity contribution >= 4 is 17.4 Å². The Balaban J connectivity index is 1.99. The second-order valence-electron chi connectivity index (χ2n) is 5.03. The van der Waals surface area contributed by atoms with Crippen LogP contribution in [-0.2, 0) is 4.79 Å². The number of rotatable bonds is 7. The number of hydrogen-bond acceptors (Lipinski definition) is 5. The molecular weight excluding hydrogens is 276 g/mol. The molecule has 1 amide bonds. The number of nitrogens with zero attached hydrogens (tertiary/aromatic N) is 1. The van der Waals surface area contributed by atoms with E-state index >= 15 is 0 Å². The number of nitro groups is 1. The van der Waals surface area contributed by atoms with Crippen LogP contribution >= 0.6 is 0 Å². The number of Topliss-reactive ketones (excluding diaryl/α,β-unsaturated/α-hetero) is 1. The molecule has 1 fully saturated rings. The fraction of sp³-hybridized carbons (Fsp3) is 0.429. The zero-order chi connectivity index (χ0) is 15.4. The fourth-order valence-corrected chi connectivity index (χ4v) is 1.81. The highest BCUT2D eigenvalue weighted by Gasteiger charge is 2.22. The number of ether oxygens (including phenoxy) is 1. The molecule has 1 aromatic rings. The summed E-state index contributed by atoms with van der Waals surface area (Å²) in [7, 11) is 0. The number of nitrogens with one attached hydrogen (secondary N) is 1. The van der Waals surface area contributed by atoms with E-state index in [0.29, 0.717) is 12.5 Å². The predicted molar refractivity (Wildman–Crippen MR) is 74.3 cm³/mol. The highest BCUT2D eigenvalue weighted by Crippen LogP contribution is 2.27. The SMILES string of the molecule is CC(=O)c1cc([N+](=O)[O-])ccc1OCC(=O)NCC1CC1. The van der Waals surface area contributed by atoms with Crippen molar-refractivity contribution in [3.8, 4) is 5.75 Å². The molecule has 1 N–H and O–H groups in total. The number of non-ortho nitro benzene ring substituents is 1. The maximum atomic E-state index is 11.6. The molecule has 0 aliphatic heterocycles. The summed E-state index contributed by atoms with van der Waals surface area (Å²) in [5, 5.41) is 13.4. The molecule has 1 saturated carbocycles. The first-order valence-corrected chi connectivity index (χ1v) is 6.66. The Labute approximate surface area is 121 Å². The first-order chi connectivity index (χ1) is 9.97. The van der Waals surface area contributed by atoms with Gasteiger partial charge in [0.2, 0.25) is 0 Å². The Morgan fingerprint density at radius 1 is 1.43 bits per heavy atom. The molecule has 112 valence electrons. The Morgan fingerprint density at radius 3 is 2.71 bits per heavy atom. The highest BCUT2D eigenvalue weighted by atomic mass is 16.6. The van der Waals surface area contributed by atoms with E-state index in [1.165, 1.54) is 19.1 Å². The van der Waals surface area contributed by atoms with Crippen LogP contribution in [0, 0.1) is 16.0 Å². The molecule has 0 spiro atoms. The predicted octanol–water partition coefficient (Wildman–Crippen LogP) is 1.70. The van der Waals surface area contributed by atoms with Crippen LogP contribution in [0.4, 0.5) is 5.69 Å². The average Bonchev–Trinajstić information content (AvgIpc) is 3.26. The molecule has 1 aliphatic carbocycles. The number of hydrogen-bond donors (Lipinski definition) is 1. The summed E-state index contributed by atoms with van der Waals surface area (Å²) in [4.78, 5) is 33.2. The summed E-state index contributed by atoms with van der Waals surface area (Å²) in [6.07, 6.45) is 2.27. The Morgan fingerprint density at radius 2 is 2.14 bits per heavy atom. The van der Waals surface area contributed by atoms with Gasteiger partial charge in [-0.3, -0.25) is 19.7 Å². The summed E-state index contributed by atoms with van der Waals surface area (Å²) >= 11 is 0. The molecular formula is C14H16N2O5. The van der Waals surface area contributed by atoms with Gasteiger partial charge in [0.05, 0.1) is 10.5 Å². The Kier molecular flexibility index (Phi) is 4.52. The van der Waals surface area contributed by atoms with E-state index in [9.17, 15) is 19.7 Å². The van der Waals surface area contributed by atoms with Gasteiger partial charge in [0.15, 0.2) is 12.4 Å². The van der Waals surface area contributed by atoms with Crippen molar-refractivity contribution in [3.05, 3.63) is 33.9 Å². The molecule has 0 heterocycles. The Hall–Kier alpha value is -2.44. The van der Waals surface area contributed by atoms with Crippen LogP contribution in [0.1, 0.15) is 30.1 Å². The number of ketones is 1. The molecule has 2 rings (SSSR count). The molecule has 1 aliphatic rings. The molecule has 0 unspecified atom stereocenters. The topological polar surface area (TPSA) is 98.5 Å². The lowest BCUT2D eigenvalue weighted by atomic mass is 10.1. The lowest BCUT2D eigenvalue weighted by Crippen LogP contribution is -2.30. The summed E-state index contributed by atoms with van der Waals surface area (Å²) in [5.74, 6) is 0.123. The molecule has 7 nitrogen and oxygen atoms in total. The number of benzene rings is 1. The quantitative estimate of drug-likeness (QED) is 0.468. The molecule has 0 saturated heterocycles. The molecule has 0 aromatic heterocycles. The van der Waals surface area contributed by atoms with Crippen LogP contribution in [0.5, 0.6) is 5.75 Å². The second-order valence-corrected chi connectivity index (χ2v) is 5.03. The molecule has 1 aromatic carbocycles. The summed E-state index contributed by atoms with van der Waals surface area (Å²) in [5.41, 5.74) is -0.0927. The maximum absolute atomic E-state index is 11.6. The minimum atomic E-state index is -0.585. The van der Waals surface area contributed by atoms with Crippen molar-refractivity contribution in [2.75, 3.05) is 13.2 Å². The molecule has 0 atom stereocenters. The molecule has 0 radical (unpaired) electrons. The third-order valence-corrected chi connectivity index (χ3v) is 3.20. The average molecular weight is 292 g/mol. The van der Waals surface area contributed by atoms with Crippen molar-refractivity contribution in [1.29, 1.82) is 0 Å². The molecule has 7 heteroatoms. The van der Waals surface area contributed by atoms with Crippen molar-refractivity contribution in [3.63, 3.8) is 0 Å². The fourth-order valence-electron chi connectivity index (χ4n) is 1.81. The van der Waals surface area contributed by atoms with Crippen molar-refractivity contribution in [1.82, 2.24) is 5.32 Å². The number of amides is 1. The van der Waals surface area contributed by atoms with Gasteiger partial charge in [0.25, 0.3) is 11.6 Å². The number of nitro benzene ring substituents is 1. The van der Waals surface area contributed by atoms with E-state index in [-0.39, 0.29) is 35.3 Å². The first kappa shape index (κ1) is 15.0. The molecule has 21 heavy (non-hydrogen) atoms. The third kappa shape index (κ3) is 4.27. The smallest absolute Gasteiger partial charge is 0.270 e. The van der Waals surface area contributed by atoms with Crippen LogP contribution in [0.25, 0.3) is 0 Å². The summed E-state index contributed by atoms with van der Waals surface area (Å²) in [6, 6.07) is 3.73. The van der Waals surface area contributed by atoms with E-state index in [1.54, 1.807) is 0 Å². The lowest BCUT2D eigenvalue weighted by Gasteiger charge is -2.10. The van der Waals surface area contributed by atoms with Gasteiger partial charge >= 0.3 is 0 Å². The minimum absolute atomic E-state index is 0.0965. The summed E-state index contributed by atoms with van der Waals surface area (Å²) in [6.45, 7) is 1.71. The molecule has 0 bridgehead atoms. The largest absolute Gasteiger partial charge is 0.483 e. The lowest BCUT2D eigenvalue weighted by molar-refractivity contribution is -0.384. The van der Waals surface area contributed by atoms with Crippen LogP contribution in [-0.4, -0.2) is 29.8 Å². The monoisotopic (exact) mass is 292 g/mol. The van der Waals surface area contributed by atoms with E-state index in [4.69, 9.17) is 4.74 Å². The van der Waals surface area contributed by atoms with Crippen LogP contribution in [0.2, 0.25) is 0 Å². The normalized spacial score (nSPS) is 13.6. The second kappa shape index (κ2) is 6.34. The number of carbonyl (C=O) groups is 2. The summed E-state index contributed by atoms with van der Waals surface area (Å²) < 4.78 is 5.29. The van der Waals surface area contributed by atoms with Crippen molar-refractivity contribution < 1.29 is 19.2 Å². The van der Waals surface area contributed by atoms with Gasteiger partial charge in [0.1, 0.15) is 5.75 Å². The van der Waals surface area contributed by atoms with E-state index < -0.39 is 4.92 Å². The van der Waals surface area contributed by atoms with Crippen molar-refractivity contribution in [2.45, 2.75) is 19.8 Å². The maximum Gasteiger partial charge on any atom is 0.270 e. The van der Waals surface area contributed by atoms with Crippen molar-refractivity contribution in [2.24, 2.45) is 5.92 Å². The third-order valence-electron chi connectivity index (χ3n) is 3.20. The van der Waals surface area contributed by atoms with Gasteiger partial charge < -0.3 is 10.1 Å². The van der Waals surface area contributed by atoms with Gasteiger partial charge in [0, 0.05) is 18.7 Å². The van der Waals surface area contributed by atoms with Gasteiger partial charge in [-0.15, -0.1) is 0 Å². The van der Waals surface area contributed by atoms with Crippen LogP contribution < -0.4 is 10.1 Å². The van der Waals surface area contributed by atoms with Gasteiger partial charge in [-0.05, 0) is 31.7 Å². The number of carbonyl (C=O) groups excluding carboxylic acids is 2. The zero-order valence-corrected chi connectivity index (χ0v) is 11.6. The van der Waals surface area contributed by atoms with Crippen LogP contribution in [0.3, 0.4) is 0 Å². The van der Waals surface area contributed by atoms with Crippen LogP contribution in [0.15, 0.2) is 18.2 Å². The minimum Gasteiger partial charge on any atom is -0.483 e. The van der Waals surface area contributed by atoms with Gasteiger partial charge in [-0.2, -0.15) is 0 Å².